The van der Waals surface area contributed by atoms with Crippen LogP contribution in [-0.2, 0) is 6.54 Å². The second-order valence-electron chi connectivity index (χ2n) is 6.00. The van der Waals surface area contributed by atoms with Crippen LogP contribution in [0, 0.1) is 0 Å². The standard InChI is InChI=1S/C20H23NO2/c1-2-3-4-9-20(23)15-10-11-19-17(14-15)16-7-5-6-8-18(16)21(19)12-13-22/h5-8,10-11,14,22H,2-4,9,12-13H2,1H3. The zero-order valence-corrected chi connectivity index (χ0v) is 13.6. The number of rotatable bonds is 7. The number of nitrogens with zero attached hydrogens (tertiary/aromatic N) is 1. The van der Waals surface area contributed by atoms with Crippen molar-refractivity contribution in [2.75, 3.05) is 6.61 Å². The third kappa shape index (κ3) is 3.02. The van der Waals surface area contributed by atoms with Crippen LogP contribution >= 0.6 is 0 Å². The van der Waals surface area contributed by atoms with E-state index in [2.05, 4.69) is 23.6 Å². The smallest absolute Gasteiger partial charge is 0.162 e. The Bertz CT molecular complexity index is 832. The number of Topliss-reactive ketones (excluding diaryl/α,β-unsaturated/α-hetero) is 1. The fourth-order valence-electron chi connectivity index (χ4n) is 3.25. The molecule has 1 aromatic heterocycles. The van der Waals surface area contributed by atoms with Crippen molar-refractivity contribution < 1.29 is 9.90 Å². The van der Waals surface area contributed by atoms with Gasteiger partial charge in [-0.05, 0) is 30.7 Å². The van der Waals surface area contributed by atoms with Crippen molar-refractivity contribution in [1.29, 1.82) is 0 Å². The molecule has 3 nitrogen and oxygen atoms in total. The molecule has 0 aliphatic carbocycles. The molecule has 0 saturated carbocycles. The lowest BCUT2D eigenvalue weighted by atomic mass is 10.0. The van der Waals surface area contributed by atoms with Crippen LogP contribution in [0.2, 0.25) is 0 Å². The first kappa shape index (κ1) is 15.8. The summed E-state index contributed by atoms with van der Waals surface area (Å²) in [5.74, 6) is 0.222. The molecule has 0 saturated heterocycles. The van der Waals surface area contributed by atoms with Gasteiger partial charge in [-0.1, -0.05) is 38.0 Å². The molecule has 0 unspecified atom stereocenters. The Kier molecular flexibility index (Phi) is 4.77. The van der Waals surface area contributed by atoms with E-state index < -0.39 is 0 Å². The highest BCUT2D eigenvalue weighted by molar-refractivity contribution is 6.10. The summed E-state index contributed by atoms with van der Waals surface area (Å²) in [5.41, 5.74) is 2.97. The van der Waals surface area contributed by atoms with Gasteiger partial charge in [0.15, 0.2) is 5.78 Å². The van der Waals surface area contributed by atoms with Gasteiger partial charge in [-0.2, -0.15) is 0 Å². The minimum atomic E-state index is 0.103. The Hall–Kier alpha value is -2.13. The van der Waals surface area contributed by atoms with Gasteiger partial charge in [-0.3, -0.25) is 4.79 Å². The molecular formula is C20H23NO2. The van der Waals surface area contributed by atoms with E-state index in [0.717, 1.165) is 46.6 Å². The number of hydrogen-bond acceptors (Lipinski definition) is 2. The molecule has 0 radical (unpaired) electrons. The van der Waals surface area contributed by atoms with Crippen molar-refractivity contribution in [1.82, 2.24) is 4.57 Å². The third-order valence-electron chi connectivity index (χ3n) is 4.43. The summed E-state index contributed by atoms with van der Waals surface area (Å²) in [6, 6.07) is 14.1. The fraction of sp³-hybridized carbons (Fsp3) is 0.350. The van der Waals surface area contributed by atoms with Crippen LogP contribution in [0.25, 0.3) is 21.8 Å². The maximum atomic E-state index is 12.4. The molecule has 1 heterocycles. The normalized spacial score (nSPS) is 11.4. The van der Waals surface area contributed by atoms with Crippen LogP contribution in [0.4, 0.5) is 0 Å². The molecule has 23 heavy (non-hydrogen) atoms. The van der Waals surface area contributed by atoms with Crippen LogP contribution < -0.4 is 0 Å². The Labute approximate surface area is 136 Å². The molecule has 2 aromatic carbocycles. The van der Waals surface area contributed by atoms with E-state index in [9.17, 15) is 9.90 Å². The minimum Gasteiger partial charge on any atom is -0.395 e. The topological polar surface area (TPSA) is 42.2 Å². The monoisotopic (exact) mass is 309 g/mol. The van der Waals surface area contributed by atoms with Crippen LogP contribution in [0.1, 0.15) is 43.0 Å². The summed E-state index contributed by atoms with van der Waals surface area (Å²) in [5, 5.41) is 11.6. The lowest BCUT2D eigenvalue weighted by Gasteiger charge is -2.05. The second-order valence-corrected chi connectivity index (χ2v) is 6.00. The minimum absolute atomic E-state index is 0.103. The summed E-state index contributed by atoms with van der Waals surface area (Å²) < 4.78 is 2.12. The molecule has 0 aliphatic rings. The highest BCUT2D eigenvalue weighted by Gasteiger charge is 2.13. The largest absolute Gasteiger partial charge is 0.395 e. The summed E-state index contributed by atoms with van der Waals surface area (Å²) >= 11 is 0. The Balaban J connectivity index is 2.05. The maximum absolute atomic E-state index is 12.4. The number of para-hydroxylation sites is 1. The third-order valence-corrected chi connectivity index (χ3v) is 4.43. The lowest BCUT2D eigenvalue weighted by molar-refractivity contribution is 0.0979. The number of aliphatic hydroxyl groups is 1. The first-order valence-corrected chi connectivity index (χ1v) is 8.41. The van der Waals surface area contributed by atoms with E-state index in [1.807, 2.05) is 30.3 Å². The number of fused-ring (bicyclic) bond motifs is 3. The zero-order chi connectivity index (χ0) is 16.2. The summed E-state index contributed by atoms with van der Waals surface area (Å²) in [6.45, 7) is 2.81. The van der Waals surface area contributed by atoms with Crippen molar-refractivity contribution in [3.63, 3.8) is 0 Å². The van der Waals surface area contributed by atoms with Crippen molar-refractivity contribution in [2.24, 2.45) is 0 Å². The van der Waals surface area contributed by atoms with Crippen LogP contribution in [-0.4, -0.2) is 22.1 Å². The summed E-state index contributed by atoms with van der Waals surface area (Å²) in [4.78, 5) is 12.4. The zero-order valence-electron chi connectivity index (χ0n) is 13.6. The molecule has 3 rings (SSSR count). The van der Waals surface area contributed by atoms with Crippen molar-refractivity contribution in [3.8, 4) is 0 Å². The van der Waals surface area contributed by atoms with E-state index in [-0.39, 0.29) is 12.4 Å². The van der Waals surface area contributed by atoms with Crippen molar-refractivity contribution in [3.05, 3.63) is 48.0 Å². The van der Waals surface area contributed by atoms with Crippen molar-refractivity contribution >= 4 is 27.6 Å². The van der Waals surface area contributed by atoms with Crippen LogP contribution in [0.3, 0.4) is 0 Å². The molecule has 3 aromatic rings. The predicted molar refractivity (Wildman–Crippen MR) is 95.0 cm³/mol. The number of benzene rings is 2. The van der Waals surface area contributed by atoms with Gasteiger partial charge >= 0.3 is 0 Å². The Morgan fingerprint density at radius 3 is 2.61 bits per heavy atom. The fourth-order valence-corrected chi connectivity index (χ4v) is 3.25. The molecule has 0 atom stereocenters. The van der Waals surface area contributed by atoms with E-state index in [0.29, 0.717) is 13.0 Å². The van der Waals surface area contributed by atoms with Gasteiger partial charge in [0.2, 0.25) is 0 Å². The van der Waals surface area contributed by atoms with E-state index in [1.54, 1.807) is 0 Å². The van der Waals surface area contributed by atoms with E-state index in [4.69, 9.17) is 0 Å². The molecule has 0 spiro atoms. The number of ketones is 1. The summed E-state index contributed by atoms with van der Waals surface area (Å²) in [6.07, 6.45) is 3.80. The van der Waals surface area contributed by atoms with E-state index in [1.165, 1.54) is 0 Å². The number of unbranched alkanes of at least 4 members (excludes halogenated alkanes) is 2. The summed E-state index contributed by atoms with van der Waals surface area (Å²) in [7, 11) is 0. The van der Waals surface area contributed by atoms with Gasteiger partial charge in [0.25, 0.3) is 0 Å². The van der Waals surface area contributed by atoms with Crippen LogP contribution in [0.5, 0.6) is 0 Å². The average molecular weight is 309 g/mol. The molecule has 0 bridgehead atoms. The number of hydrogen-bond donors (Lipinski definition) is 1. The Morgan fingerprint density at radius 2 is 1.83 bits per heavy atom. The average Bonchev–Trinajstić information content (AvgIpc) is 2.89. The van der Waals surface area contributed by atoms with Gasteiger partial charge in [0, 0.05) is 40.3 Å². The highest BCUT2D eigenvalue weighted by atomic mass is 16.3. The van der Waals surface area contributed by atoms with Gasteiger partial charge in [-0.15, -0.1) is 0 Å². The van der Waals surface area contributed by atoms with Gasteiger partial charge in [0.05, 0.1) is 6.61 Å². The highest BCUT2D eigenvalue weighted by Crippen LogP contribution is 2.30. The number of carbonyl (C=O) groups excluding carboxylic acids is 1. The molecular weight excluding hydrogens is 286 g/mol. The van der Waals surface area contributed by atoms with Crippen molar-refractivity contribution in [2.45, 2.75) is 39.2 Å². The molecule has 1 N–H and O–H groups in total. The number of aromatic nitrogens is 1. The lowest BCUT2D eigenvalue weighted by Crippen LogP contribution is -2.02. The maximum Gasteiger partial charge on any atom is 0.162 e. The molecule has 0 amide bonds. The predicted octanol–water partition coefficient (Wildman–Crippen LogP) is 4.55. The second kappa shape index (κ2) is 6.97. The molecule has 3 heteroatoms. The molecule has 120 valence electrons. The quantitative estimate of drug-likeness (QED) is 0.514. The van der Waals surface area contributed by atoms with E-state index >= 15 is 0 Å². The Morgan fingerprint density at radius 1 is 1.04 bits per heavy atom. The van der Waals surface area contributed by atoms with Gasteiger partial charge in [0.1, 0.15) is 0 Å². The molecule has 0 fully saturated rings. The number of aliphatic hydroxyl groups excluding tert-OH is 1. The van der Waals surface area contributed by atoms with Gasteiger partial charge in [-0.25, -0.2) is 0 Å². The SMILES string of the molecule is CCCCCC(=O)c1ccc2c(c1)c1ccccc1n2CCO. The first-order valence-electron chi connectivity index (χ1n) is 8.41. The molecule has 0 aliphatic heterocycles. The van der Waals surface area contributed by atoms with Gasteiger partial charge < -0.3 is 9.67 Å². The number of carbonyl (C=O) groups is 1. The first-order chi connectivity index (χ1) is 11.3. The van der Waals surface area contributed by atoms with Crippen LogP contribution in [0.15, 0.2) is 42.5 Å².